The number of rotatable bonds is 3. The van der Waals surface area contributed by atoms with Crippen molar-refractivity contribution in [3.05, 3.63) is 46.2 Å². The smallest absolute Gasteiger partial charge is 0.246 e. The minimum atomic E-state index is -0.112. The molecule has 1 heterocycles. The van der Waals surface area contributed by atoms with Gasteiger partial charge in [-0.3, -0.25) is 9.48 Å². The molecular formula is C17H22ClN3O. The lowest BCUT2D eigenvalue weighted by atomic mass is 9.86. The Morgan fingerprint density at radius 3 is 2.45 bits per heavy atom. The van der Waals surface area contributed by atoms with Crippen LogP contribution in [0.2, 0.25) is 5.02 Å². The van der Waals surface area contributed by atoms with E-state index < -0.39 is 0 Å². The van der Waals surface area contributed by atoms with Crippen molar-refractivity contribution in [3.63, 3.8) is 0 Å². The highest BCUT2D eigenvalue weighted by molar-refractivity contribution is 6.31. The number of benzene rings is 1. The van der Waals surface area contributed by atoms with Crippen molar-refractivity contribution in [1.29, 1.82) is 0 Å². The van der Waals surface area contributed by atoms with E-state index in [9.17, 15) is 4.79 Å². The first kappa shape index (κ1) is 16.6. The van der Waals surface area contributed by atoms with Gasteiger partial charge in [-0.1, -0.05) is 50.6 Å². The maximum Gasteiger partial charge on any atom is 0.246 e. The molecule has 0 fully saturated rings. The van der Waals surface area contributed by atoms with E-state index in [1.165, 1.54) is 0 Å². The van der Waals surface area contributed by atoms with Crippen LogP contribution in [0.15, 0.2) is 24.3 Å². The second-order valence-electron chi connectivity index (χ2n) is 6.49. The van der Waals surface area contributed by atoms with Crippen molar-refractivity contribution < 1.29 is 4.79 Å². The van der Waals surface area contributed by atoms with E-state index in [4.69, 9.17) is 11.6 Å². The molecule has 0 saturated heterocycles. The van der Waals surface area contributed by atoms with Gasteiger partial charge in [-0.05, 0) is 30.9 Å². The average molecular weight is 320 g/mol. The molecular weight excluding hydrogens is 298 g/mol. The topological polar surface area (TPSA) is 46.9 Å². The quantitative estimate of drug-likeness (QED) is 0.926. The summed E-state index contributed by atoms with van der Waals surface area (Å²) in [4.78, 5) is 12.3. The molecule has 0 unspecified atom stereocenters. The number of halogens is 1. The van der Waals surface area contributed by atoms with Gasteiger partial charge in [0.05, 0.1) is 16.4 Å². The fourth-order valence-electron chi connectivity index (χ4n) is 2.40. The van der Waals surface area contributed by atoms with Crippen LogP contribution in [0.1, 0.15) is 37.7 Å². The number of carbonyl (C=O) groups is 1. The van der Waals surface area contributed by atoms with E-state index in [0.29, 0.717) is 5.02 Å². The van der Waals surface area contributed by atoms with Crippen LogP contribution >= 0.6 is 11.6 Å². The summed E-state index contributed by atoms with van der Waals surface area (Å²) in [5.74, 6) is -0.112. The van der Waals surface area contributed by atoms with Crippen molar-refractivity contribution in [3.8, 4) is 0 Å². The van der Waals surface area contributed by atoms with Crippen LogP contribution in [0.25, 0.3) is 0 Å². The molecule has 0 aliphatic heterocycles. The number of para-hydroxylation sites is 1. The van der Waals surface area contributed by atoms with Crippen LogP contribution in [-0.2, 0) is 16.8 Å². The standard InChI is InChI=1S/C17H22ClN3O/c1-11-16(18)12(2)21(20-11)10-15(22)19-14-9-7-6-8-13(14)17(3,4)5/h6-9H,10H2,1-5H3,(H,19,22). The number of carbonyl (C=O) groups excluding carboxylic acids is 1. The third-order valence-electron chi connectivity index (χ3n) is 3.60. The van der Waals surface area contributed by atoms with Crippen molar-refractivity contribution in [2.75, 3.05) is 5.32 Å². The van der Waals surface area contributed by atoms with E-state index in [-0.39, 0.29) is 17.9 Å². The Morgan fingerprint density at radius 1 is 1.27 bits per heavy atom. The summed E-state index contributed by atoms with van der Waals surface area (Å²) in [5, 5.41) is 7.88. The number of nitrogens with one attached hydrogen (secondary N) is 1. The molecule has 2 rings (SSSR count). The molecule has 0 aliphatic carbocycles. The summed E-state index contributed by atoms with van der Waals surface area (Å²) in [5.41, 5.74) is 3.45. The Hall–Kier alpha value is -1.81. The molecule has 5 heteroatoms. The first-order chi connectivity index (χ1) is 10.2. The van der Waals surface area contributed by atoms with Crippen LogP contribution in [0, 0.1) is 13.8 Å². The summed E-state index contributed by atoms with van der Waals surface area (Å²) in [7, 11) is 0. The zero-order valence-corrected chi connectivity index (χ0v) is 14.5. The normalized spacial score (nSPS) is 11.5. The maximum absolute atomic E-state index is 12.3. The van der Waals surface area contributed by atoms with E-state index >= 15 is 0 Å². The van der Waals surface area contributed by atoms with E-state index in [1.54, 1.807) is 4.68 Å². The van der Waals surface area contributed by atoms with Gasteiger partial charge in [-0.15, -0.1) is 0 Å². The number of aryl methyl sites for hydroxylation is 1. The Morgan fingerprint density at radius 2 is 1.91 bits per heavy atom. The highest BCUT2D eigenvalue weighted by Crippen LogP contribution is 2.29. The van der Waals surface area contributed by atoms with Crippen LogP contribution in [0.5, 0.6) is 0 Å². The van der Waals surface area contributed by atoms with Gasteiger partial charge < -0.3 is 5.32 Å². The number of nitrogens with zero attached hydrogens (tertiary/aromatic N) is 2. The van der Waals surface area contributed by atoms with E-state index in [2.05, 4.69) is 31.2 Å². The molecule has 2 aromatic rings. The van der Waals surface area contributed by atoms with Gasteiger partial charge in [-0.25, -0.2) is 0 Å². The molecule has 118 valence electrons. The van der Waals surface area contributed by atoms with Crippen molar-refractivity contribution >= 4 is 23.2 Å². The highest BCUT2D eigenvalue weighted by Gasteiger charge is 2.19. The predicted octanol–water partition coefficient (Wildman–Crippen LogP) is 4.09. The Bertz CT molecular complexity index is 698. The zero-order chi connectivity index (χ0) is 16.5. The van der Waals surface area contributed by atoms with E-state index in [0.717, 1.165) is 22.6 Å². The maximum atomic E-state index is 12.3. The number of anilines is 1. The summed E-state index contributed by atoms with van der Waals surface area (Å²) in [6.07, 6.45) is 0. The van der Waals surface area contributed by atoms with Gasteiger partial charge in [0.1, 0.15) is 6.54 Å². The number of aromatic nitrogens is 2. The molecule has 0 aliphatic rings. The summed E-state index contributed by atoms with van der Waals surface area (Å²) in [6.45, 7) is 10.2. The Kier molecular flexibility index (Phi) is 4.61. The van der Waals surface area contributed by atoms with Crippen LogP contribution in [-0.4, -0.2) is 15.7 Å². The van der Waals surface area contributed by atoms with Crippen molar-refractivity contribution in [2.24, 2.45) is 0 Å². The van der Waals surface area contributed by atoms with Gasteiger partial charge in [0.2, 0.25) is 5.91 Å². The number of hydrogen-bond acceptors (Lipinski definition) is 2. The Labute approximate surface area is 136 Å². The lowest BCUT2D eigenvalue weighted by molar-refractivity contribution is -0.116. The molecule has 22 heavy (non-hydrogen) atoms. The lowest BCUT2D eigenvalue weighted by Gasteiger charge is -2.23. The SMILES string of the molecule is Cc1nn(CC(=O)Nc2ccccc2C(C)(C)C)c(C)c1Cl. The van der Waals surface area contributed by atoms with E-state index in [1.807, 2.05) is 38.1 Å². The van der Waals surface area contributed by atoms with Gasteiger partial charge >= 0.3 is 0 Å². The van der Waals surface area contributed by atoms with Gasteiger partial charge in [-0.2, -0.15) is 5.10 Å². The van der Waals surface area contributed by atoms with Gasteiger partial charge in [0.15, 0.2) is 0 Å². The fourth-order valence-corrected chi connectivity index (χ4v) is 2.54. The second-order valence-corrected chi connectivity index (χ2v) is 6.86. The largest absolute Gasteiger partial charge is 0.324 e. The first-order valence-electron chi connectivity index (χ1n) is 7.29. The molecule has 1 N–H and O–H groups in total. The molecule has 0 bridgehead atoms. The monoisotopic (exact) mass is 319 g/mol. The molecule has 0 spiro atoms. The molecule has 0 radical (unpaired) electrons. The van der Waals surface area contributed by atoms with Crippen LogP contribution in [0.3, 0.4) is 0 Å². The minimum absolute atomic E-state index is 0.0363. The highest BCUT2D eigenvalue weighted by atomic mass is 35.5. The first-order valence-corrected chi connectivity index (χ1v) is 7.67. The second kappa shape index (κ2) is 6.13. The van der Waals surface area contributed by atoms with Crippen LogP contribution < -0.4 is 5.32 Å². The molecule has 1 aromatic heterocycles. The van der Waals surface area contributed by atoms with Crippen molar-refractivity contribution in [1.82, 2.24) is 9.78 Å². The lowest BCUT2D eigenvalue weighted by Crippen LogP contribution is -2.23. The third-order valence-corrected chi connectivity index (χ3v) is 4.14. The molecule has 1 amide bonds. The summed E-state index contributed by atoms with van der Waals surface area (Å²) < 4.78 is 1.63. The predicted molar refractivity (Wildman–Crippen MR) is 90.5 cm³/mol. The average Bonchev–Trinajstić information content (AvgIpc) is 2.65. The molecule has 1 aromatic carbocycles. The van der Waals surface area contributed by atoms with Crippen LogP contribution in [0.4, 0.5) is 5.69 Å². The van der Waals surface area contributed by atoms with Gasteiger partial charge in [0, 0.05) is 5.69 Å². The number of hydrogen-bond donors (Lipinski definition) is 1. The molecule has 0 saturated carbocycles. The van der Waals surface area contributed by atoms with Gasteiger partial charge in [0.25, 0.3) is 0 Å². The summed E-state index contributed by atoms with van der Waals surface area (Å²) >= 11 is 6.11. The molecule has 4 nitrogen and oxygen atoms in total. The number of amides is 1. The summed E-state index contributed by atoms with van der Waals surface area (Å²) in [6, 6.07) is 7.87. The zero-order valence-electron chi connectivity index (χ0n) is 13.7. The Balaban J connectivity index is 2.18. The fraction of sp³-hybridized carbons (Fsp3) is 0.412. The third kappa shape index (κ3) is 3.50. The minimum Gasteiger partial charge on any atom is -0.324 e. The van der Waals surface area contributed by atoms with Crippen molar-refractivity contribution in [2.45, 2.75) is 46.6 Å². The molecule has 0 atom stereocenters.